The molecule has 0 unspecified atom stereocenters. The number of rotatable bonds is 2. The molecule has 0 aliphatic heterocycles. The average Bonchev–Trinajstić information content (AvgIpc) is 2.60. The number of allylic oxidation sites excluding steroid dienone is 4. The van der Waals surface area contributed by atoms with E-state index in [1.54, 1.807) is 0 Å². The third kappa shape index (κ3) is 1.39. The Labute approximate surface area is 81.0 Å². The Balaban J connectivity index is 2.30. The Bertz CT molecular complexity index is 283. The second-order valence-corrected chi connectivity index (χ2v) is 4.87. The molecule has 0 atom stereocenters. The van der Waals surface area contributed by atoms with Gasteiger partial charge < -0.3 is 0 Å². The topological polar surface area (TPSA) is 0 Å². The predicted octanol–water partition coefficient (Wildman–Crippen LogP) is 4.01. The van der Waals surface area contributed by atoms with Gasteiger partial charge in [-0.3, -0.25) is 0 Å². The van der Waals surface area contributed by atoms with Gasteiger partial charge in [0.2, 0.25) is 0 Å². The van der Waals surface area contributed by atoms with Crippen LogP contribution in [0.5, 0.6) is 0 Å². The van der Waals surface area contributed by atoms with E-state index in [0.717, 1.165) is 0 Å². The molecule has 0 bridgehead atoms. The second-order valence-electron chi connectivity index (χ2n) is 4.87. The van der Waals surface area contributed by atoms with Crippen LogP contribution in [0.1, 0.15) is 39.5 Å². The Kier molecular flexibility index (Phi) is 1.76. The molecule has 1 fully saturated rings. The van der Waals surface area contributed by atoms with Crippen molar-refractivity contribution in [3.8, 4) is 0 Å². The van der Waals surface area contributed by atoms with Crippen LogP contribution in [0.25, 0.3) is 0 Å². The first-order valence-corrected chi connectivity index (χ1v) is 5.08. The lowest BCUT2D eigenvalue weighted by molar-refractivity contribution is 0.546. The minimum absolute atomic E-state index is 0.655. The van der Waals surface area contributed by atoms with E-state index in [2.05, 4.69) is 27.0 Å². The van der Waals surface area contributed by atoms with E-state index in [1.165, 1.54) is 48.0 Å². The van der Waals surface area contributed by atoms with Gasteiger partial charge in [-0.15, -0.1) is 0 Å². The van der Waals surface area contributed by atoms with Crippen molar-refractivity contribution in [2.75, 3.05) is 0 Å². The monoisotopic (exact) mass is 174 g/mol. The summed E-state index contributed by atoms with van der Waals surface area (Å²) in [6.07, 6.45) is 5.37. The minimum Gasteiger partial charge on any atom is -0.0958 e. The zero-order valence-corrected chi connectivity index (χ0v) is 8.74. The highest BCUT2D eigenvalue weighted by Crippen LogP contribution is 2.61. The molecule has 2 rings (SSSR count). The van der Waals surface area contributed by atoms with E-state index >= 15 is 0 Å². The summed E-state index contributed by atoms with van der Waals surface area (Å²) in [5.41, 5.74) is 6.17. The summed E-state index contributed by atoms with van der Waals surface area (Å²) in [5, 5.41) is 0. The first-order chi connectivity index (χ1) is 6.04. The van der Waals surface area contributed by atoms with Gasteiger partial charge in [-0.1, -0.05) is 24.3 Å². The molecule has 0 aromatic heterocycles. The van der Waals surface area contributed by atoms with Crippen LogP contribution in [0, 0.1) is 5.41 Å². The molecule has 2 aliphatic rings. The fourth-order valence-electron chi connectivity index (χ4n) is 2.37. The van der Waals surface area contributed by atoms with E-state index in [1.807, 2.05) is 0 Å². The predicted molar refractivity (Wildman–Crippen MR) is 57.6 cm³/mol. The summed E-state index contributed by atoms with van der Waals surface area (Å²) >= 11 is 0. The van der Waals surface area contributed by atoms with Crippen LogP contribution in [0.3, 0.4) is 0 Å². The molecule has 0 heterocycles. The maximum Gasteiger partial charge on any atom is -0.0214 e. The fourth-order valence-corrected chi connectivity index (χ4v) is 2.37. The summed E-state index contributed by atoms with van der Waals surface area (Å²) < 4.78 is 0. The molecule has 0 N–H and O–H groups in total. The Hall–Kier alpha value is -0.780. The average molecular weight is 174 g/mol. The number of hydrogen-bond acceptors (Lipinski definition) is 0. The summed E-state index contributed by atoms with van der Waals surface area (Å²) in [6, 6.07) is 0. The largest absolute Gasteiger partial charge is 0.0958 e. The Morgan fingerprint density at radius 2 is 1.38 bits per heavy atom. The highest BCUT2D eigenvalue weighted by atomic mass is 14.5. The van der Waals surface area contributed by atoms with Gasteiger partial charge in [0.25, 0.3) is 0 Å². The Morgan fingerprint density at radius 3 is 1.62 bits per heavy atom. The first kappa shape index (κ1) is 8.80. The lowest BCUT2D eigenvalue weighted by atomic mass is 10.0. The van der Waals surface area contributed by atoms with E-state index in [-0.39, 0.29) is 0 Å². The molecule has 70 valence electrons. The van der Waals surface area contributed by atoms with Crippen LogP contribution in [0.4, 0.5) is 0 Å². The third-order valence-electron chi connectivity index (χ3n) is 3.46. The van der Waals surface area contributed by atoms with E-state index in [9.17, 15) is 0 Å². The van der Waals surface area contributed by atoms with Crippen LogP contribution < -0.4 is 0 Å². The van der Waals surface area contributed by atoms with Gasteiger partial charge in [-0.05, 0) is 56.1 Å². The summed E-state index contributed by atoms with van der Waals surface area (Å²) in [5.74, 6) is 0. The van der Waals surface area contributed by atoms with Crippen LogP contribution in [0.15, 0.2) is 35.5 Å². The van der Waals surface area contributed by atoms with E-state index in [0.29, 0.717) is 5.41 Å². The highest BCUT2D eigenvalue weighted by molar-refractivity contribution is 5.47. The van der Waals surface area contributed by atoms with Gasteiger partial charge in [-0.2, -0.15) is 0 Å². The smallest absolute Gasteiger partial charge is 0.0214 e. The number of hydrogen-bond donors (Lipinski definition) is 0. The highest BCUT2D eigenvalue weighted by Gasteiger charge is 2.47. The molecule has 0 aromatic carbocycles. The lowest BCUT2D eigenvalue weighted by Gasteiger charge is -2.05. The van der Waals surface area contributed by atoms with Gasteiger partial charge in [0, 0.05) is 0 Å². The summed E-state index contributed by atoms with van der Waals surface area (Å²) in [4.78, 5) is 0. The molecule has 0 aromatic rings. The Morgan fingerprint density at radius 1 is 1.00 bits per heavy atom. The molecule has 2 aliphatic carbocycles. The van der Waals surface area contributed by atoms with Crippen molar-refractivity contribution < 1.29 is 0 Å². The molecule has 0 radical (unpaired) electrons. The lowest BCUT2D eigenvalue weighted by Crippen LogP contribution is -1.92. The molecular formula is C13H18. The molecule has 1 spiro atoms. The fraction of sp³-hybridized carbons (Fsp3) is 0.538. The third-order valence-corrected chi connectivity index (χ3v) is 3.46. The minimum atomic E-state index is 0.655. The zero-order chi connectivity index (χ0) is 9.64. The molecule has 0 nitrogen and oxygen atoms in total. The molecule has 0 saturated heterocycles. The molecule has 0 heteroatoms. The van der Waals surface area contributed by atoms with Crippen molar-refractivity contribution in [3.63, 3.8) is 0 Å². The maximum absolute atomic E-state index is 4.06. The van der Waals surface area contributed by atoms with Crippen LogP contribution in [-0.4, -0.2) is 0 Å². The van der Waals surface area contributed by atoms with Crippen LogP contribution >= 0.6 is 0 Å². The SMILES string of the molecule is C=C(C)C1=C(C(=C)C)CC2(CC2)C1. The first-order valence-electron chi connectivity index (χ1n) is 5.08. The van der Waals surface area contributed by atoms with E-state index in [4.69, 9.17) is 0 Å². The van der Waals surface area contributed by atoms with Crippen LogP contribution in [-0.2, 0) is 0 Å². The van der Waals surface area contributed by atoms with Crippen LogP contribution in [0.2, 0.25) is 0 Å². The van der Waals surface area contributed by atoms with Crippen molar-refractivity contribution in [1.29, 1.82) is 0 Å². The maximum atomic E-state index is 4.06. The van der Waals surface area contributed by atoms with Gasteiger partial charge in [0.05, 0.1) is 0 Å². The van der Waals surface area contributed by atoms with Gasteiger partial charge in [0.15, 0.2) is 0 Å². The van der Waals surface area contributed by atoms with Gasteiger partial charge in [-0.25, -0.2) is 0 Å². The van der Waals surface area contributed by atoms with Crippen molar-refractivity contribution in [2.45, 2.75) is 39.5 Å². The van der Waals surface area contributed by atoms with Crippen molar-refractivity contribution in [1.82, 2.24) is 0 Å². The van der Waals surface area contributed by atoms with Crippen molar-refractivity contribution in [3.05, 3.63) is 35.5 Å². The normalized spacial score (nSPS) is 23.8. The summed E-state index contributed by atoms with van der Waals surface area (Å²) in [7, 11) is 0. The summed E-state index contributed by atoms with van der Waals surface area (Å²) in [6.45, 7) is 12.4. The zero-order valence-electron chi connectivity index (χ0n) is 8.74. The second kappa shape index (κ2) is 2.60. The molecule has 1 saturated carbocycles. The van der Waals surface area contributed by atoms with Gasteiger partial charge >= 0.3 is 0 Å². The standard InChI is InChI=1S/C13H18/c1-9(2)11-7-13(5-6-13)8-12(11)10(3)4/h1,3,5-8H2,2,4H3. The van der Waals surface area contributed by atoms with Crippen molar-refractivity contribution >= 4 is 0 Å². The van der Waals surface area contributed by atoms with E-state index < -0.39 is 0 Å². The molecular weight excluding hydrogens is 156 g/mol. The van der Waals surface area contributed by atoms with Gasteiger partial charge in [0.1, 0.15) is 0 Å². The van der Waals surface area contributed by atoms with Crippen molar-refractivity contribution in [2.24, 2.45) is 5.41 Å². The molecule has 13 heavy (non-hydrogen) atoms. The molecule has 0 amide bonds. The quantitative estimate of drug-likeness (QED) is 0.593.